The standard InChI is InChI=1S/C18H16ClNO2S/c1-2-20(17-9-5-8-16(19)13-17)23(21,22)18-11-10-14-6-3-4-7-15(14)12-18/h3-13H,2H2,1H3. The molecule has 0 aromatic heterocycles. The minimum Gasteiger partial charge on any atom is -0.267 e. The topological polar surface area (TPSA) is 37.4 Å². The lowest BCUT2D eigenvalue weighted by atomic mass is 10.1. The van der Waals surface area contributed by atoms with Crippen molar-refractivity contribution in [2.45, 2.75) is 11.8 Å². The van der Waals surface area contributed by atoms with Gasteiger partial charge in [-0.05, 0) is 48.0 Å². The van der Waals surface area contributed by atoms with Crippen LogP contribution < -0.4 is 4.31 Å². The average molecular weight is 346 g/mol. The lowest BCUT2D eigenvalue weighted by Crippen LogP contribution is -2.30. The van der Waals surface area contributed by atoms with Crippen molar-refractivity contribution in [1.29, 1.82) is 0 Å². The van der Waals surface area contributed by atoms with Crippen molar-refractivity contribution in [2.75, 3.05) is 10.8 Å². The first-order chi connectivity index (χ1) is 11.0. The fourth-order valence-corrected chi connectivity index (χ4v) is 4.26. The van der Waals surface area contributed by atoms with Crippen LogP contribution in [0.3, 0.4) is 0 Å². The quantitative estimate of drug-likeness (QED) is 0.686. The van der Waals surface area contributed by atoms with Crippen molar-refractivity contribution in [3.8, 4) is 0 Å². The lowest BCUT2D eigenvalue weighted by molar-refractivity contribution is 0.592. The molecule has 0 amide bonds. The molecule has 0 spiro atoms. The molecule has 0 unspecified atom stereocenters. The Balaban J connectivity index is 2.10. The third-order valence-corrected chi connectivity index (χ3v) is 5.83. The fraction of sp³-hybridized carbons (Fsp3) is 0.111. The summed E-state index contributed by atoms with van der Waals surface area (Å²) in [5.41, 5.74) is 0.563. The summed E-state index contributed by atoms with van der Waals surface area (Å²) < 4.78 is 27.4. The predicted octanol–water partition coefficient (Wildman–Crippen LogP) is 4.71. The number of fused-ring (bicyclic) bond motifs is 1. The van der Waals surface area contributed by atoms with Gasteiger partial charge in [-0.15, -0.1) is 0 Å². The van der Waals surface area contributed by atoms with E-state index in [1.165, 1.54) is 4.31 Å². The van der Waals surface area contributed by atoms with E-state index in [9.17, 15) is 8.42 Å². The second-order valence-electron chi connectivity index (χ2n) is 5.16. The zero-order valence-corrected chi connectivity index (χ0v) is 14.2. The number of hydrogen-bond donors (Lipinski definition) is 0. The molecule has 0 aliphatic heterocycles. The molecule has 0 atom stereocenters. The number of anilines is 1. The molecule has 0 radical (unpaired) electrons. The van der Waals surface area contributed by atoms with Gasteiger partial charge in [0.1, 0.15) is 0 Å². The molecule has 0 N–H and O–H groups in total. The largest absolute Gasteiger partial charge is 0.267 e. The van der Waals surface area contributed by atoms with E-state index in [1.54, 1.807) is 43.3 Å². The third kappa shape index (κ3) is 3.05. The molecule has 5 heteroatoms. The molecule has 118 valence electrons. The molecule has 0 aliphatic rings. The maximum atomic E-state index is 13.0. The van der Waals surface area contributed by atoms with E-state index in [2.05, 4.69) is 0 Å². The van der Waals surface area contributed by atoms with E-state index in [0.29, 0.717) is 17.3 Å². The summed E-state index contributed by atoms with van der Waals surface area (Å²) in [4.78, 5) is 0.276. The number of hydrogen-bond acceptors (Lipinski definition) is 2. The molecule has 3 aromatic carbocycles. The van der Waals surface area contributed by atoms with Gasteiger partial charge < -0.3 is 0 Å². The van der Waals surface area contributed by atoms with Crippen LogP contribution >= 0.6 is 11.6 Å². The van der Waals surface area contributed by atoms with E-state index in [4.69, 9.17) is 11.6 Å². The number of rotatable bonds is 4. The highest BCUT2D eigenvalue weighted by Gasteiger charge is 2.23. The highest BCUT2D eigenvalue weighted by atomic mass is 35.5. The Kier molecular flexibility index (Phi) is 4.28. The molecule has 0 saturated carbocycles. The summed E-state index contributed by atoms with van der Waals surface area (Å²) in [6.45, 7) is 2.13. The minimum absolute atomic E-state index is 0.276. The van der Waals surface area contributed by atoms with Gasteiger partial charge in [0.2, 0.25) is 0 Å². The van der Waals surface area contributed by atoms with Gasteiger partial charge in [0.15, 0.2) is 0 Å². The first-order valence-corrected chi connectivity index (χ1v) is 9.11. The van der Waals surface area contributed by atoms with E-state index in [1.807, 2.05) is 30.3 Å². The van der Waals surface area contributed by atoms with Gasteiger partial charge >= 0.3 is 0 Å². The molecule has 3 nitrogen and oxygen atoms in total. The Morgan fingerprint density at radius 3 is 2.35 bits per heavy atom. The van der Waals surface area contributed by atoms with E-state index in [0.717, 1.165) is 10.8 Å². The average Bonchev–Trinajstić information content (AvgIpc) is 2.55. The maximum Gasteiger partial charge on any atom is 0.264 e. The Morgan fingerprint density at radius 1 is 0.913 bits per heavy atom. The highest BCUT2D eigenvalue weighted by molar-refractivity contribution is 7.92. The molecule has 0 bridgehead atoms. The smallest absolute Gasteiger partial charge is 0.264 e. The Hall–Kier alpha value is -2.04. The van der Waals surface area contributed by atoms with Crippen molar-refractivity contribution in [1.82, 2.24) is 0 Å². The highest BCUT2D eigenvalue weighted by Crippen LogP contribution is 2.27. The summed E-state index contributed by atoms with van der Waals surface area (Å²) in [5.74, 6) is 0. The zero-order chi connectivity index (χ0) is 16.4. The van der Waals surface area contributed by atoms with Gasteiger partial charge in [-0.3, -0.25) is 4.31 Å². The summed E-state index contributed by atoms with van der Waals surface area (Å²) in [7, 11) is -3.64. The molecule has 3 rings (SSSR count). The first kappa shape index (κ1) is 15.8. The van der Waals surface area contributed by atoms with Gasteiger partial charge in [-0.2, -0.15) is 0 Å². The Bertz CT molecular complexity index is 954. The molecular weight excluding hydrogens is 330 g/mol. The number of sulfonamides is 1. The molecule has 0 saturated heterocycles. The summed E-state index contributed by atoms with van der Waals surface area (Å²) in [6.07, 6.45) is 0. The molecule has 3 aromatic rings. The molecular formula is C18H16ClNO2S. The molecule has 0 heterocycles. The van der Waals surface area contributed by atoms with Gasteiger partial charge in [0.25, 0.3) is 10.0 Å². The van der Waals surface area contributed by atoms with Crippen LogP contribution in [0, 0.1) is 0 Å². The van der Waals surface area contributed by atoms with E-state index < -0.39 is 10.0 Å². The normalized spacial score (nSPS) is 11.6. The molecule has 0 fully saturated rings. The van der Waals surface area contributed by atoms with Crippen molar-refractivity contribution in [3.63, 3.8) is 0 Å². The van der Waals surface area contributed by atoms with Crippen LogP contribution in [0.15, 0.2) is 71.6 Å². The summed E-state index contributed by atoms with van der Waals surface area (Å²) in [6, 6.07) is 19.7. The van der Waals surface area contributed by atoms with E-state index >= 15 is 0 Å². The summed E-state index contributed by atoms with van der Waals surface area (Å²) in [5, 5.41) is 2.42. The SMILES string of the molecule is CCN(c1cccc(Cl)c1)S(=O)(=O)c1ccc2ccccc2c1. The predicted molar refractivity (Wildman–Crippen MR) is 95.6 cm³/mol. The second kappa shape index (κ2) is 6.22. The van der Waals surface area contributed by atoms with Gasteiger partial charge in [-0.25, -0.2) is 8.42 Å². The minimum atomic E-state index is -3.64. The van der Waals surface area contributed by atoms with Crippen LogP contribution in [0.4, 0.5) is 5.69 Å². The van der Waals surface area contributed by atoms with Crippen molar-refractivity contribution < 1.29 is 8.42 Å². The lowest BCUT2D eigenvalue weighted by Gasteiger charge is -2.23. The van der Waals surface area contributed by atoms with Crippen molar-refractivity contribution in [2.24, 2.45) is 0 Å². The van der Waals surface area contributed by atoms with Crippen LogP contribution in [0.25, 0.3) is 10.8 Å². The Morgan fingerprint density at radius 2 is 1.65 bits per heavy atom. The number of nitrogens with zero attached hydrogens (tertiary/aromatic N) is 1. The fourth-order valence-electron chi connectivity index (χ4n) is 2.58. The van der Waals surface area contributed by atoms with Gasteiger partial charge in [0.05, 0.1) is 10.6 Å². The van der Waals surface area contributed by atoms with Crippen LogP contribution in [0.1, 0.15) is 6.92 Å². The van der Waals surface area contributed by atoms with E-state index in [-0.39, 0.29) is 4.90 Å². The molecule has 23 heavy (non-hydrogen) atoms. The Labute approximate surface area is 141 Å². The van der Waals surface area contributed by atoms with Crippen LogP contribution in [-0.4, -0.2) is 15.0 Å². The van der Waals surface area contributed by atoms with Crippen LogP contribution in [0.2, 0.25) is 5.02 Å². The van der Waals surface area contributed by atoms with Gasteiger partial charge in [0, 0.05) is 11.6 Å². The molecule has 0 aliphatic carbocycles. The van der Waals surface area contributed by atoms with Crippen LogP contribution in [0.5, 0.6) is 0 Å². The maximum absolute atomic E-state index is 13.0. The van der Waals surface area contributed by atoms with Crippen molar-refractivity contribution >= 4 is 38.1 Å². The zero-order valence-electron chi connectivity index (χ0n) is 12.6. The second-order valence-corrected chi connectivity index (χ2v) is 7.46. The van der Waals surface area contributed by atoms with Crippen molar-refractivity contribution in [3.05, 3.63) is 71.8 Å². The third-order valence-electron chi connectivity index (χ3n) is 3.69. The van der Waals surface area contributed by atoms with Crippen LogP contribution in [-0.2, 0) is 10.0 Å². The number of benzene rings is 3. The number of halogens is 1. The monoisotopic (exact) mass is 345 g/mol. The summed E-state index contributed by atoms with van der Waals surface area (Å²) >= 11 is 6.00. The first-order valence-electron chi connectivity index (χ1n) is 7.29. The van der Waals surface area contributed by atoms with Gasteiger partial charge in [-0.1, -0.05) is 48.0 Å².